The molecule has 190 valence electrons. The summed E-state index contributed by atoms with van der Waals surface area (Å²) in [6, 6.07) is 23.2. The maximum atomic E-state index is 13.6. The predicted octanol–water partition coefficient (Wildman–Crippen LogP) is 4.21. The average Bonchev–Trinajstić information content (AvgIpc) is 3.15. The van der Waals surface area contributed by atoms with Crippen molar-refractivity contribution in [3.63, 3.8) is 0 Å². The molecule has 1 N–H and O–H groups in total. The lowest BCUT2D eigenvalue weighted by atomic mass is 10.0. The normalized spacial score (nSPS) is 13.3. The molecule has 1 unspecified atom stereocenters. The van der Waals surface area contributed by atoms with Crippen molar-refractivity contribution < 1.29 is 19.2 Å². The minimum atomic E-state index is -0.724. The molecule has 0 aliphatic carbocycles. The van der Waals surface area contributed by atoms with Gasteiger partial charge in [-0.2, -0.15) is 0 Å². The zero-order valence-corrected chi connectivity index (χ0v) is 22.1. The van der Waals surface area contributed by atoms with Gasteiger partial charge in [0.05, 0.1) is 11.1 Å². The Morgan fingerprint density at radius 2 is 1.51 bits per heavy atom. The number of halogens is 1. The number of likely N-dealkylation sites (N-methyl/N-ethyl adjacent to an activating group) is 1. The van der Waals surface area contributed by atoms with E-state index in [-0.39, 0.29) is 43.1 Å². The molecule has 0 saturated heterocycles. The molecule has 1 aliphatic heterocycles. The average molecular weight is 562 g/mol. The molecule has 4 amide bonds. The molecular weight excluding hydrogens is 534 g/mol. The van der Waals surface area contributed by atoms with E-state index in [1.807, 2.05) is 54.6 Å². The zero-order valence-electron chi connectivity index (χ0n) is 20.5. The van der Waals surface area contributed by atoms with Crippen molar-refractivity contribution >= 4 is 39.6 Å². The first-order chi connectivity index (χ1) is 17.9. The number of fused-ring (bicyclic) bond motifs is 1. The van der Waals surface area contributed by atoms with E-state index in [0.29, 0.717) is 24.0 Å². The fourth-order valence-electron chi connectivity index (χ4n) is 4.53. The van der Waals surface area contributed by atoms with Gasteiger partial charge in [0.1, 0.15) is 6.04 Å². The summed E-state index contributed by atoms with van der Waals surface area (Å²) >= 11 is 3.47. The summed E-state index contributed by atoms with van der Waals surface area (Å²) < 4.78 is 0.877. The highest BCUT2D eigenvalue weighted by Gasteiger charge is 2.35. The van der Waals surface area contributed by atoms with Crippen LogP contribution in [0.25, 0.3) is 0 Å². The molecule has 0 aromatic heterocycles. The second kappa shape index (κ2) is 12.0. The standard InChI is InChI=1S/C29H28BrN3O4/c1-31-27(35)25(18-20-9-3-2-4-10-20)33(19-21-11-7-12-22(30)17-21)26(34)15-8-16-32-28(36)23-13-5-6-14-24(23)29(32)37/h2-7,9-14,17,25H,8,15-16,18-19H2,1H3,(H,31,35). The molecule has 0 spiro atoms. The largest absolute Gasteiger partial charge is 0.357 e. The molecule has 0 radical (unpaired) electrons. The Hall–Kier alpha value is -3.78. The Balaban J connectivity index is 1.51. The van der Waals surface area contributed by atoms with Gasteiger partial charge < -0.3 is 10.2 Å². The second-order valence-corrected chi connectivity index (χ2v) is 9.80. The van der Waals surface area contributed by atoms with Gasteiger partial charge in [-0.05, 0) is 41.8 Å². The van der Waals surface area contributed by atoms with Gasteiger partial charge in [0.25, 0.3) is 11.8 Å². The Labute approximate surface area is 224 Å². The molecular formula is C29H28BrN3O4. The Morgan fingerprint density at radius 3 is 2.14 bits per heavy atom. The minimum absolute atomic E-state index is 0.0870. The molecule has 1 heterocycles. The molecule has 3 aromatic carbocycles. The Morgan fingerprint density at radius 1 is 0.892 bits per heavy atom. The molecule has 37 heavy (non-hydrogen) atoms. The number of nitrogens with zero attached hydrogens (tertiary/aromatic N) is 2. The van der Waals surface area contributed by atoms with Crippen molar-refractivity contribution in [3.05, 3.63) is 106 Å². The highest BCUT2D eigenvalue weighted by atomic mass is 79.9. The van der Waals surface area contributed by atoms with E-state index >= 15 is 0 Å². The summed E-state index contributed by atoms with van der Waals surface area (Å²) in [6.07, 6.45) is 0.743. The molecule has 7 nitrogen and oxygen atoms in total. The summed E-state index contributed by atoms with van der Waals surface area (Å²) in [5.41, 5.74) is 2.59. The summed E-state index contributed by atoms with van der Waals surface area (Å²) in [5.74, 6) is -1.16. The van der Waals surface area contributed by atoms with Crippen molar-refractivity contribution in [2.24, 2.45) is 0 Å². The van der Waals surface area contributed by atoms with Crippen LogP contribution in [0.1, 0.15) is 44.7 Å². The van der Waals surface area contributed by atoms with Gasteiger partial charge in [-0.15, -0.1) is 0 Å². The Kier molecular flexibility index (Phi) is 8.50. The number of imide groups is 1. The first-order valence-corrected chi connectivity index (χ1v) is 12.9. The SMILES string of the molecule is CNC(=O)C(Cc1ccccc1)N(Cc1cccc(Br)c1)C(=O)CCCN1C(=O)c2ccccc2C1=O. The van der Waals surface area contributed by atoms with E-state index in [2.05, 4.69) is 21.2 Å². The lowest BCUT2D eigenvalue weighted by Gasteiger charge is -2.31. The summed E-state index contributed by atoms with van der Waals surface area (Å²) in [5, 5.41) is 2.70. The number of amides is 4. The molecule has 1 atom stereocenters. The number of carbonyl (C=O) groups is 4. The first kappa shape index (κ1) is 26.3. The molecule has 4 rings (SSSR count). The third-order valence-corrected chi connectivity index (χ3v) is 6.90. The third-order valence-electron chi connectivity index (χ3n) is 6.41. The van der Waals surface area contributed by atoms with Gasteiger partial charge in [-0.1, -0.05) is 70.5 Å². The molecule has 1 aliphatic rings. The van der Waals surface area contributed by atoms with Gasteiger partial charge in [-0.3, -0.25) is 24.1 Å². The summed E-state index contributed by atoms with van der Waals surface area (Å²) in [4.78, 5) is 54.7. The highest BCUT2D eigenvalue weighted by Crippen LogP contribution is 2.23. The van der Waals surface area contributed by atoms with Crippen LogP contribution in [0.5, 0.6) is 0 Å². The van der Waals surface area contributed by atoms with Gasteiger partial charge in [0.15, 0.2) is 0 Å². The molecule has 8 heteroatoms. The van der Waals surface area contributed by atoms with Crippen LogP contribution in [0.4, 0.5) is 0 Å². The summed E-state index contributed by atoms with van der Waals surface area (Å²) in [7, 11) is 1.56. The predicted molar refractivity (Wildman–Crippen MR) is 144 cm³/mol. The highest BCUT2D eigenvalue weighted by molar-refractivity contribution is 9.10. The maximum Gasteiger partial charge on any atom is 0.261 e. The van der Waals surface area contributed by atoms with E-state index in [1.165, 1.54) is 4.90 Å². The van der Waals surface area contributed by atoms with E-state index in [4.69, 9.17) is 0 Å². The van der Waals surface area contributed by atoms with E-state index in [0.717, 1.165) is 15.6 Å². The van der Waals surface area contributed by atoms with Crippen LogP contribution in [0.15, 0.2) is 83.3 Å². The van der Waals surface area contributed by atoms with Crippen LogP contribution >= 0.6 is 15.9 Å². The van der Waals surface area contributed by atoms with Crippen molar-refractivity contribution in [3.8, 4) is 0 Å². The van der Waals surface area contributed by atoms with E-state index in [9.17, 15) is 19.2 Å². The van der Waals surface area contributed by atoms with Crippen molar-refractivity contribution in [1.29, 1.82) is 0 Å². The lowest BCUT2D eigenvalue weighted by Crippen LogP contribution is -2.49. The van der Waals surface area contributed by atoms with Gasteiger partial charge in [0, 0.05) is 37.5 Å². The fraction of sp³-hybridized carbons (Fsp3) is 0.241. The van der Waals surface area contributed by atoms with Crippen LogP contribution < -0.4 is 5.32 Å². The number of rotatable bonds is 10. The number of hydrogen-bond acceptors (Lipinski definition) is 4. The first-order valence-electron chi connectivity index (χ1n) is 12.1. The lowest BCUT2D eigenvalue weighted by molar-refractivity contribution is -0.141. The molecule has 0 bridgehead atoms. The summed E-state index contributed by atoms with van der Waals surface area (Å²) in [6.45, 7) is 0.377. The monoisotopic (exact) mass is 561 g/mol. The van der Waals surface area contributed by atoms with Gasteiger partial charge in [-0.25, -0.2) is 0 Å². The van der Waals surface area contributed by atoms with Crippen LogP contribution in [-0.2, 0) is 22.6 Å². The molecule has 0 saturated carbocycles. The van der Waals surface area contributed by atoms with Crippen LogP contribution in [0.2, 0.25) is 0 Å². The topological polar surface area (TPSA) is 86.8 Å². The van der Waals surface area contributed by atoms with E-state index < -0.39 is 6.04 Å². The van der Waals surface area contributed by atoms with Crippen molar-refractivity contribution in [2.45, 2.75) is 31.8 Å². The van der Waals surface area contributed by atoms with Gasteiger partial charge >= 0.3 is 0 Å². The molecule has 3 aromatic rings. The minimum Gasteiger partial charge on any atom is -0.357 e. The number of benzene rings is 3. The fourth-order valence-corrected chi connectivity index (χ4v) is 4.97. The quantitative estimate of drug-likeness (QED) is 0.375. The number of hydrogen-bond donors (Lipinski definition) is 1. The van der Waals surface area contributed by atoms with E-state index in [1.54, 1.807) is 36.2 Å². The molecule has 0 fully saturated rings. The zero-order chi connectivity index (χ0) is 26.4. The van der Waals surface area contributed by atoms with Crippen LogP contribution in [0.3, 0.4) is 0 Å². The number of carbonyl (C=O) groups excluding carboxylic acids is 4. The maximum absolute atomic E-state index is 13.6. The van der Waals surface area contributed by atoms with Gasteiger partial charge in [0.2, 0.25) is 11.8 Å². The second-order valence-electron chi connectivity index (χ2n) is 8.88. The van der Waals surface area contributed by atoms with Crippen molar-refractivity contribution in [1.82, 2.24) is 15.1 Å². The van der Waals surface area contributed by atoms with Crippen LogP contribution in [-0.4, -0.2) is 53.1 Å². The number of nitrogens with one attached hydrogen (secondary N) is 1. The Bertz CT molecular complexity index is 1280. The smallest absolute Gasteiger partial charge is 0.261 e. The van der Waals surface area contributed by atoms with Crippen LogP contribution in [0, 0.1) is 0 Å². The van der Waals surface area contributed by atoms with Crippen molar-refractivity contribution in [2.75, 3.05) is 13.6 Å². The third kappa shape index (κ3) is 6.14.